The van der Waals surface area contributed by atoms with Crippen molar-refractivity contribution < 1.29 is 0 Å². The van der Waals surface area contributed by atoms with Crippen molar-refractivity contribution in [1.29, 1.82) is 0 Å². The van der Waals surface area contributed by atoms with Crippen molar-refractivity contribution in [1.82, 2.24) is 9.13 Å². The maximum atomic E-state index is 2.66. The molecule has 0 saturated carbocycles. The zero-order valence-electron chi connectivity index (χ0n) is 68.1. The molecule has 550 valence electrons. The van der Waals surface area contributed by atoms with E-state index in [-0.39, 0.29) is 44.6 Å². The monoisotopic (exact) mass is 1440 g/mol. The number of rotatable bonds is 8. The zero-order valence-corrected chi connectivity index (χ0v) is 68.1. The van der Waals surface area contributed by atoms with Gasteiger partial charge in [-0.3, -0.25) is 0 Å². The third-order valence-corrected chi connectivity index (χ3v) is 26.5. The molecule has 111 heavy (non-hydrogen) atoms. The van der Waals surface area contributed by atoms with E-state index in [1.54, 1.807) is 0 Å². The van der Waals surface area contributed by atoms with Gasteiger partial charge in [0, 0.05) is 61.4 Å². The normalized spacial score (nSPS) is 16.1. The van der Waals surface area contributed by atoms with Crippen molar-refractivity contribution in [2.24, 2.45) is 0 Å². The number of hydrogen-bond acceptors (Lipinski definition) is 2. The lowest BCUT2D eigenvalue weighted by Gasteiger charge is -2.45. The second kappa shape index (κ2) is 24.8. The Labute approximate surface area is 658 Å². The third kappa shape index (κ3) is 11.4. The summed E-state index contributed by atoms with van der Waals surface area (Å²) in [6.45, 7) is 40.4. The lowest BCUT2D eigenvalue weighted by molar-refractivity contribution is 0.332. The van der Waals surface area contributed by atoms with Crippen LogP contribution in [0.4, 0.5) is 34.1 Å². The van der Waals surface area contributed by atoms with Crippen LogP contribution in [0.5, 0.6) is 0 Å². The molecule has 0 atom stereocenters. The summed E-state index contributed by atoms with van der Waals surface area (Å²) in [6, 6.07) is 105. The minimum Gasteiger partial charge on any atom is -0.311 e. The first-order valence-corrected chi connectivity index (χ1v) is 40.7. The van der Waals surface area contributed by atoms with Crippen molar-refractivity contribution in [3.8, 4) is 55.9 Å². The Morgan fingerprint density at radius 3 is 1.23 bits per heavy atom. The van der Waals surface area contributed by atoms with Gasteiger partial charge in [0.25, 0.3) is 6.71 Å². The fourth-order valence-corrected chi connectivity index (χ4v) is 19.8. The van der Waals surface area contributed by atoms with Crippen LogP contribution in [0.3, 0.4) is 0 Å². The van der Waals surface area contributed by atoms with Gasteiger partial charge in [-0.2, -0.15) is 0 Å². The summed E-state index contributed by atoms with van der Waals surface area (Å²) in [5, 5.41) is 4.99. The molecule has 0 unspecified atom stereocenters. The molecule has 0 radical (unpaired) electrons. The summed E-state index contributed by atoms with van der Waals surface area (Å²) in [5.41, 5.74) is 37.5. The van der Waals surface area contributed by atoms with Gasteiger partial charge in [-0.25, -0.2) is 0 Å². The van der Waals surface area contributed by atoms with Crippen molar-refractivity contribution in [2.75, 3.05) is 9.80 Å². The fraction of sp³-hybridized carbons (Fsp3) is 0.264. The Hall–Kier alpha value is -10.9. The second-order valence-corrected chi connectivity index (χ2v) is 38.7. The van der Waals surface area contributed by atoms with Gasteiger partial charge in [-0.05, 0) is 260 Å². The molecular weight excluding hydrogens is 1340 g/mol. The topological polar surface area (TPSA) is 16.3 Å². The molecule has 4 nitrogen and oxygen atoms in total. The summed E-state index contributed by atoms with van der Waals surface area (Å²) in [5.74, 6) is 0. The lowest BCUT2D eigenvalue weighted by Crippen LogP contribution is -2.61. The number of anilines is 6. The largest absolute Gasteiger partial charge is 0.311 e. The van der Waals surface area contributed by atoms with Gasteiger partial charge < -0.3 is 18.9 Å². The smallest absolute Gasteiger partial charge is 0.252 e. The first-order chi connectivity index (χ1) is 52.9. The van der Waals surface area contributed by atoms with E-state index in [2.05, 4.69) is 404 Å². The molecule has 0 saturated heterocycles. The van der Waals surface area contributed by atoms with Crippen molar-refractivity contribution in [2.45, 2.75) is 181 Å². The lowest BCUT2D eigenvalue weighted by atomic mass is 9.33. The second-order valence-electron chi connectivity index (χ2n) is 38.7. The van der Waals surface area contributed by atoms with E-state index in [1.165, 1.54) is 157 Å². The van der Waals surface area contributed by atoms with E-state index in [0.717, 1.165) is 57.3 Å². The summed E-state index contributed by atoms with van der Waals surface area (Å²) < 4.78 is 5.13. The van der Waals surface area contributed by atoms with Crippen LogP contribution in [-0.4, -0.2) is 15.8 Å². The summed E-state index contributed by atoms with van der Waals surface area (Å²) >= 11 is 0. The number of fused-ring (bicyclic) bond motifs is 12. The van der Waals surface area contributed by atoms with Gasteiger partial charge in [-0.15, -0.1) is 0 Å². The Kier molecular flexibility index (Phi) is 15.8. The van der Waals surface area contributed by atoms with Gasteiger partial charge in [0.1, 0.15) is 0 Å². The Morgan fingerprint density at radius 1 is 0.270 bits per heavy atom. The van der Waals surface area contributed by atoms with E-state index in [4.69, 9.17) is 0 Å². The molecule has 19 rings (SSSR count). The average molecular weight is 1440 g/mol. The summed E-state index contributed by atoms with van der Waals surface area (Å²) in [4.78, 5) is 5.29. The van der Waals surface area contributed by atoms with Gasteiger partial charge in [0.15, 0.2) is 0 Å². The third-order valence-electron chi connectivity index (χ3n) is 26.5. The predicted octanol–water partition coefficient (Wildman–Crippen LogP) is 27.2. The van der Waals surface area contributed by atoms with Gasteiger partial charge in [0.05, 0.1) is 27.8 Å². The zero-order chi connectivity index (χ0) is 77.0. The van der Waals surface area contributed by atoms with Crippen molar-refractivity contribution in [3.63, 3.8) is 0 Å². The van der Waals surface area contributed by atoms with Crippen LogP contribution in [0, 0.1) is 0 Å². The first kappa shape index (κ1) is 70.5. The number of hydrogen-bond donors (Lipinski definition) is 0. The molecule has 0 spiro atoms. The molecule has 2 aliphatic heterocycles. The molecule has 2 aliphatic carbocycles. The Balaban J connectivity index is 0.907. The molecule has 15 aromatic rings. The highest BCUT2D eigenvalue weighted by molar-refractivity contribution is 7.00. The first-order valence-electron chi connectivity index (χ1n) is 40.7. The quantitative estimate of drug-likeness (QED) is 0.141. The maximum Gasteiger partial charge on any atom is 0.252 e. The van der Waals surface area contributed by atoms with Crippen molar-refractivity contribution >= 4 is 101 Å². The number of benzene rings is 13. The molecule has 4 aliphatic rings. The van der Waals surface area contributed by atoms with Gasteiger partial charge in [0.2, 0.25) is 0 Å². The highest BCUT2D eigenvalue weighted by Crippen LogP contribution is 2.53. The van der Waals surface area contributed by atoms with E-state index < -0.39 is 0 Å². The SMILES string of the molecule is CC(C)(C)c1ccc2c(c1)c1cc(C(C)(C)C)ccc1n2-c1ccc2c(c1)N(c1ccc(-c3ccc4c(c3)C(C)(C)CCC4(C)C)cc1)c1cc(-n3c4ccccc4c4cc(-c5ccccc5)ccc43)cc3c1B2c1cc(-c2ccccc2C(C)(C)C)ccc1N3c1ccc(-c2ccc3c(c2)C(C)(C)CCC3(C)C)cc1. The highest BCUT2D eigenvalue weighted by atomic mass is 15.2. The Bertz CT molecular complexity index is 6250. The van der Waals surface area contributed by atoms with Crippen LogP contribution >= 0.6 is 0 Å². The van der Waals surface area contributed by atoms with E-state index >= 15 is 0 Å². The summed E-state index contributed by atoms with van der Waals surface area (Å²) in [7, 11) is 0. The fourth-order valence-electron chi connectivity index (χ4n) is 19.8. The predicted molar refractivity (Wildman–Crippen MR) is 478 cm³/mol. The molecule has 0 N–H and O–H groups in total. The molecular formula is C106H103BN4. The van der Waals surface area contributed by atoms with Crippen LogP contribution in [0.15, 0.2) is 267 Å². The maximum absolute atomic E-state index is 2.66. The molecule has 2 aromatic heterocycles. The molecule has 13 aromatic carbocycles. The van der Waals surface area contributed by atoms with E-state index in [1.807, 2.05) is 0 Å². The number of para-hydroxylation sites is 1. The molecule has 5 heteroatoms. The van der Waals surface area contributed by atoms with Crippen molar-refractivity contribution in [3.05, 3.63) is 306 Å². The highest BCUT2D eigenvalue weighted by Gasteiger charge is 2.46. The number of aromatic nitrogens is 2. The standard InChI is InChI=1S/C106H103BN4/c1-100(2,3)73-39-51-93-82(61-73)83-62-74(101(4,5)6)40-52-94(83)110(93)77-45-48-89-96(63-77)109(76-43-33-68(34-44-76)71-36-47-86-88(59-71)106(16,17)56-54-104(86,12)13)98-65-78(111-91-30-24-22-28-80(91)81-57-69(37-49-92(81)111)66-25-19-18-20-26-66)64-97-99(98)107(89)90-60-72(79-27-21-23-29-84(79)102(7,8)9)38-50-95(90)108(97)75-41-31-67(32-42-75)70-35-46-85-87(58-70)105(14,15)55-53-103(85,10)11/h18-52,57-65H,53-56H2,1-17H3. The van der Waals surface area contributed by atoms with Gasteiger partial charge >= 0.3 is 0 Å². The van der Waals surface area contributed by atoms with Crippen LogP contribution in [-0.2, 0) is 37.9 Å². The van der Waals surface area contributed by atoms with E-state index in [9.17, 15) is 0 Å². The average Bonchev–Trinajstić information content (AvgIpc) is 1.33. The van der Waals surface area contributed by atoms with Crippen LogP contribution in [0.25, 0.3) is 99.5 Å². The van der Waals surface area contributed by atoms with Gasteiger partial charge in [-0.1, -0.05) is 288 Å². The molecule has 4 heterocycles. The summed E-state index contributed by atoms with van der Waals surface area (Å²) in [6.07, 6.45) is 4.69. The molecule has 0 amide bonds. The Morgan fingerprint density at radius 2 is 0.685 bits per heavy atom. The van der Waals surface area contributed by atoms with Crippen LogP contribution in [0.1, 0.15) is 182 Å². The minimum absolute atomic E-state index is 0.0454. The van der Waals surface area contributed by atoms with E-state index in [0.29, 0.717) is 0 Å². The minimum atomic E-state index is -0.199. The van der Waals surface area contributed by atoms with Crippen LogP contribution in [0.2, 0.25) is 0 Å². The molecule has 0 fully saturated rings. The number of nitrogens with zero attached hydrogens (tertiary/aromatic N) is 4. The molecule has 0 bridgehead atoms. The van der Waals surface area contributed by atoms with Crippen LogP contribution < -0.4 is 26.2 Å².